The minimum absolute atomic E-state index is 0.302. The zero-order valence-corrected chi connectivity index (χ0v) is 10.6. The van der Waals surface area contributed by atoms with E-state index in [1.807, 2.05) is 19.1 Å². The maximum atomic E-state index is 5.56. The van der Waals surface area contributed by atoms with Crippen LogP contribution in [0, 0.1) is 6.92 Å². The van der Waals surface area contributed by atoms with Gasteiger partial charge in [-0.1, -0.05) is 0 Å². The summed E-state index contributed by atoms with van der Waals surface area (Å²) in [6.45, 7) is 6.01. The molecule has 1 aromatic heterocycles. The molecule has 0 amide bonds. The Balaban J connectivity index is 2.09. The maximum absolute atomic E-state index is 5.56. The van der Waals surface area contributed by atoms with Crippen molar-refractivity contribution in [1.82, 2.24) is 5.32 Å². The van der Waals surface area contributed by atoms with Gasteiger partial charge in [-0.15, -0.1) is 0 Å². The van der Waals surface area contributed by atoms with E-state index in [2.05, 4.69) is 12.2 Å². The highest BCUT2D eigenvalue weighted by Crippen LogP contribution is 2.15. The lowest BCUT2D eigenvalue weighted by atomic mass is 10.2. The van der Waals surface area contributed by atoms with Crippen molar-refractivity contribution >= 4 is 0 Å². The molecule has 1 aromatic rings. The highest BCUT2D eigenvalue weighted by molar-refractivity contribution is 5.08. The Morgan fingerprint density at radius 3 is 2.75 bits per heavy atom. The zero-order valence-electron chi connectivity index (χ0n) is 10.6. The fourth-order valence-corrected chi connectivity index (χ4v) is 1.65. The van der Waals surface area contributed by atoms with E-state index < -0.39 is 0 Å². The standard InChI is InChI=1S/C13H23NO2/c1-11-7-8-13(16-11)12(2)14-9-5-4-6-10-15-3/h7-8,12,14H,4-6,9-10H2,1-3H3. The van der Waals surface area contributed by atoms with Gasteiger partial charge in [0, 0.05) is 13.7 Å². The molecular formula is C13H23NO2. The van der Waals surface area contributed by atoms with Gasteiger partial charge in [0.05, 0.1) is 6.04 Å². The van der Waals surface area contributed by atoms with Crippen LogP contribution in [0.5, 0.6) is 0 Å². The average molecular weight is 225 g/mol. The van der Waals surface area contributed by atoms with Gasteiger partial charge in [0.15, 0.2) is 0 Å². The first-order valence-electron chi connectivity index (χ1n) is 6.02. The van der Waals surface area contributed by atoms with Crippen molar-refractivity contribution in [3.63, 3.8) is 0 Å². The third-order valence-electron chi connectivity index (χ3n) is 2.66. The van der Waals surface area contributed by atoms with E-state index in [9.17, 15) is 0 Å². The second-order valence-corrected chi connectivity index (χ2v) is 4.18. The Bertz CT molecular complexity index is 283. The largest absolute Gasteiger partial charge is 0.465 e. The smallest absolute Gasteiger partial charge is 0.120 e. The molecule has 3 nitrogen and oxygen atoms in total. The topological polar surface area (TPSA) is 34.4 Å². The molecule has 1 unspecified atom stereocenters. The van der Waals surface area contributed by atoms with E-state index in [0.717, 1.165) is 31.1 Å². The molecule has 1 rings (SSSR count). The van der Waals surface area contributed by atoms with E-state index in [0.29, 0.717) is 6.04 Å². The molecule has 0 radical (unpaired) electrons. The lowest BCUT2D eigenvalue weighted by Crippen LogP contribution is -2.19. The van der Waals surface area contributed by atoms with Gasteiger partial charge in [0.1, 0.15) is 11.5 Å². The lowest BCUT2D eigenvalue weighted by Gasteiger charge is -2.10. The quantitative estimate of drug-likeness (QED) is 0.690. The van der Waals surface area contributed by atoms with Crippen molar-refractivity contribution in [1.29, 1.82) is 0 Å². The fourth-order valence-electron chi connectivity index (χ4n) is 1.65. The molecule has 0 aliphatic carbocycles. The molecule has 3 heteroatoms. The first-order chi connectivity index (χ1) is 7.74. The molecule has 0 aliphatic rings. The van der Waals surface area contributed by atoms with Crippen LogP contribution < -0.4 is 5.32 Å². The summed E-state index contributed by atoms with van der Waals surface area (Å²) in [6, 6.07) is 4.35. The number of rotatable bonds is 8. The van der Waals surface area contributed by atoms with Crippen LogP contribution in [0.2, 0.25) is 0 Å². The number of aryl methyl sites for hydroxylation is 1. The van der Waals surface area contributed by atoms with E-state index in [1.165, 1.54) is 12.8 Å². The van der Waals surface area contributed by atoms with Crippen molar-refractivity contribution in [2.24, 2.45) is 0 Å². The number of methoxy groups -OCH3 is 1. The molecule has 0 fully saturated rings. The molecule has 0 aliphatic heterocycles. The third-order valence-corrected chi connectivity index (χ3v) is 2.66. The van der Waals surface area contributed by atoms with Crippen LogP contribution >= 0.6 is 0 Å². The predicted octanol–water partition coefficient (Wildman–Crippen LogP) is 3.06. The van der Waals surface area contributed by atoms with E-state index >= 15 is 0 Å². The monoisotopic (exact) mass is 225 g/mol. The van der Waals surface area contributed by atoms with E-state index in [4.69, 9.17) is 9.15 Å². The van der Waals surface area contributed by atoms with Gasteiger partial charge in [-0.25, -0.2) is 0 Å². The summed E-state index contributed by atoms with van der Waals surface area (Å²) in [4.78, 5) is 0. The van der Waals surface area contributed by atoms with Gasteiger partial charge >= 0.3 is 0 Å². The highest BCUT2D eigenvalue weighted by Gasteiger charge is 2.07. The van der Waals surface area contributed by atoms with Crippen LogP contribution in [0.1, 0.15) is 43.7 Å². The normalized spacial score (nSPS) is 12.9. The Morgan fingerprint density at radius 1 is 1.31 bits per heavy atom. The number of hydrogen-bond acceptors (Lipinski definition) is 3. The summed E-state index contributed by atoms with van der Waals surface area (Å²) in [7, 11) is 1.75. The van der Waals surface area contributed by atoms with E-state index in [1.54, 1.807) is 7.11 Å². The van der Waals surface area contributed by atoms with Crippen molar-refractivity contribution in [3.05, 3.63) is 23.7 Å². The Labute approximate surface area is 98.2 Å². The van der Waals surface area contributed by atoms with Crippen LogP contribution in [-0.4, -0.2) is 20.3 Å². The van der Waals surface area contributed by atoms with Crippen LogP contribution in [0.15, 0.2) is 16.5 Å². The zero-order chi connectivity index (χ0) is 11.8. The number of hydrogen-bond donors (Lipinski definition) is 1. The van der Waals surface area contributed by atoms with Crippen LogP contribution in [0.3, 0.4) is 0 Å². The van der Waals surface area contributed by atoms with Gasteiger partial charge in [-0.3, -0.25) is 0 Å². The van der Waals surface area contributed by atoms with Crippen LogP contribution in [0.4, 0.5) is 0 Å². The molecule has 16 heavy (non-hydrogen) atoms. The first kappa shape index (κ1) is 13.3. The number of ether oxygens (including phenoxy) is 1. The SMILES string of the molecule is COCCCCCNC(C)c1ccc(C)o1. The Morgan fingerprint density at radius 2 is 2.12 bits per heavy atom. The van der Waals surface area contributed by atoms with Crippen LogP contribution in [0.25, 0.3) is 0 Å². The summed E-state index contributed by atoms with van der Waals surface area (Å²) in [5.41, 5.74) is 0. The summed E-state index contributed by atoms with van der Waals surface area (Å²) in [5.74, 6) is 2.00. The second-order valence-electron chi connectivity index (χ2n) is 4.18. The molecule has 0 bridgehead atoms. The van der Waals surface area contributed by atoms with Crippen LogP contribution in [-0.2, 0) is 4.74 Å². The molecule has 0 aromatic carbocycles. The molecule has 92 valence electrons. The van der Waals surface area contributed by atoms with Gasteiger partial charge < -0.3 is 14.5 Å². The van der Waals surface area contributed by atoms with Crippen molar-refractivity contribution in [2.45, 2.75) is 39.2 Å². The molecule has 1 heterocycles. The highest BCUT2D eigenvalue weighted by atomic mass is 16.5. The Hall–Kier alpha value is -0.800. The minimum atomic E-state index is 0.302. The number of unbranched alkanes of at least 4 members (excludes halogenated alkanes) is 2. The fraction of sp³-hybridized carbons (Fsp3) is 0.692. The molecule has 1 N–H and O–H groups in total. The molecule has 1 atom stereocenters. The van der Waals surface area contributed by atoms with Gasteiger partial charge in [-0.05, 0) is 51.8 Å². The second kappa shape index (κ2) is 7.47. The summed E-state index contributed by atoms with van der Waals surface area (Å²) in [6.07, 6.45) is 3.55. The van der Waals surface area contributed by atoms with Crippen molar-refractivity contribution in [2.75, 3.05) is 20.3 Å². The molecule has 0 spiro atoms. The summed E-state index contributed by atoms with van der Waals surface area (Å²) in [5, 5.41) is 3.45. The summed E-state index contributed by atoms with van der Waals surface area (Å²) >= 11 is 0. The Kier molecular flexibility index (Phi) is 6.19. The first-order valence-corrected chi connectivity index (χ1v) is 6.02. The molecular weight excluding hydrogens is 202 g/mol. The predicted molar refractivity (Wildman–Crippen MR) is 65.6 cm³/mol. The summed E-state index contributed by atoms with van der Waals surface area (Å²) < 4.78 is 10.6. The molecule has 0 saturated heterocycles. The maximum Gasteiger partial charge on any atom is 0.120 e. The number of nitrogens with one attached hydrogen (secondary N) is 1. The van der Waals surface area contributed by atoms with Gasteiger partial charge in [0.2, 0.25) is 0 Å². The lowest BCUT2D eigenvalue weighted by molar-refractivity contribution is 0.192. The van der Waals surface area contributed by atoms with E-state index in [-0.39, 0.29) is 0 Å². The molecule has 0 saturated carbocycles. The average Bonchev–Trinajstić information content (AvgIpc) is 2.70. The third kappa shape index (κ3) is 4.81. The van der Waals surface area contributed by atoms with Crippen molar-refractivity contribution in [3.8, 4) is 0 Å². The minimum Gasteiger partial charge on any atom is -0.465 e. The van der Waals surface area contributed by atoms with Gasteiger partial charge in [0.25, 0.3) is 0 Å². The van der Waals surface area contributed by atoms with Gasteiger partial charge in [-0.2, -0.15) is 0 Å². The van der Waals surface area contributed by atoms with Crippen molar-refractivity contribution < 1.29 is 9.15 Å². The number of furan rings is 1.